The Morgan fingerprint density at radius 3 is 2.35 bits per heavy atom. The van der Waals surface area contributed by atoms with Crippen LogP contribution in [0.1, 0.15) is 79.1 Å². The summed E-state index contributed by atoms with van der Waals surface area (Å²) in [7, 11) is 0. The van der Waals surface area contributed by atoms with Gasteiger partial charge in [0.15, 0.2) is 0 Å². The van der Waals surface area contributed by atoms with Crippen LogP contribution in [0.4, 0.5) is 0 Å². The molecule has 2 atom stereocenters. The van der Waals surface area contributed by atoms with Crippen LogP contribution in [0.3, 0.4) is 0 Å². The third kappa shape index (κ3) is 3.99. The Bertz CT molecular complexity index is 328. The van der Waals surface area contributed by atoms with Gasteiger partial charge in [0, 0.05) is 12.0 Å². The van der Waals surface area contributed by atoms with Gasteiger partial charge in [0.05, 0.1) is 0 Å². The van der Waals surface area contributed by atoms with Crippen molar-refractivity contribution in [1.29, 1.82) is 0 Å². The second-order valence-corrected chi connectivity index (χ2v) is 8.26. The molecule has 0 saturated heterocycles. The van der Waals surface area contributed by atoms with E-state index < -0.39 is 0 Å². The van der Waals surface area contributed by atoms with Crippen molar-refractivity contribution in [1.82, 2.24) is 5.32 Å². The molecular formula is C18H33NO. The van der Waals surface area contributed by atoms with Crippen LogP contribution < -0.4 is 5.32 Å². The van der Waals surface area contributed by atoms with E-state index in [-0.39, 0.29) is 5.92 Å². The van der Waals surface area contributed by atoms with Crippen molar-refractivity contribution in [3.05, 3.63) is 0 Å². The first-order valence-corrected chi connectivity index (χ1v) is 8.69. The van der Waals surface area contributed by atoms with Gasteiger partial charge in [-0.25, -0.2) is 0 Å². The first-order chi connectivity index (χ1) is 9.39. The third-order valence-corrected chi connectivity index (χ3v) is 5.59. The molecule has 0 spiro atoms. The highest BCUT2D eigenvalue weighted by molar-refractivity contribution is 5.79. The molecular weight excluding hydrogens is 246 g/mol. The summed E-state index contributed by atoms with van der Waals surface area (Å²) < 4.78 is 0. The molecule has 0 aromatic heterocycles. The van der Waals surface area contributed by atoms with Crippen molar-refractivity contribution in [2.24, 2.45) is 23.2 Å². The monoisotopic (exact) mass is 279 g/mol. The molecule has 1 amide bonds. The van der Waals surface area contributed by atoms with Crippen LogP contribution in [-0.2, 0) is 4.79 Å². The van der Waals surface area contributed by atoms with E-state index in [0.29, 0.717) is 29.2 Å². The summed E-state index contributed by atoms with van der Waals surface area (Å²) in [5, 5.41) is 3.37. The molecule has 20 heavy (non-hydrogen) atoms. The lowest BCUT2D eigenvalue weighted by molar-refractivity contribution is -0.131. The van der Waals surface area contributed by atoms with Crippen LogP contribution in [0.2, 0.25) is 0 Å². The Kier molecular flexibility index (Phi) is 5.14. The van der Waals surface area contributed by atoms with E-state index in [9.17, 15) is 4.79 Å². The average Bonchev–Trinajstić information content (AvgIpc) is 2.38. The first kappa shape index (κ1) is 15.9. The molecule has 0 aromatic carbocycles. The van der Waals surface area contributed by atoms with Crippen molar-refractivity contribution in [2.45, 2.75) is 85.1 Å². The van der Waals surface area contributed by atoms with E-state index in [2.05, 4.69) is 33.0 Å². The highest BCUT2D eigenvalue weighted by Gasteiger charge is 2.40. The minimum atomic E-state index is 0.237. The van der Waals surface area contributed by atoms with Crippen LogP contribution in [0.15, 0.2) is 0 Å². The molecule has 2 saturated carbocycles. The quantitative estimate of drug-likeness (QED) is 0.807. The third-order valence-electron chi connectivity index (χ3n) is 5.59. The molecule has 2 fully saturated rings. The molecule has 2 rings (SSSR count). The van der Waals surface area contributed by atoms with Crippen LogP contribution >= 0.6 is 0 Å². The second kappa shape index (κ2) is 6.49. The zero-order chi connectivity index (χ0) is 14.8. The molecule has 116 valence electrons. The molecule has 2 heteroatoms. The number of carbonyl (C=O) groups is 1. The maximum Gasteiger partial charge on any atom is 0.223 e. The largest absolute Gasteiger partial charge is 0.353 e. The fourth-order valence-corrected chi connectivity index (χ4v) is 4.25. The van der Waals surface area contributed by atoms with Gasteiger partial charge in [0.1, 0.15) is 0 Å². The molecule has 0 heterocycles. The number of nitrogens with one attached hydrogen (secondary N) is 1. The SMILES string of the molecule is CC(C)C1CCC(C)(C)CC1C(=O)NC1CCCCC1. The predicted molar refractivity (Wildman–Crippen MR) is 84.5 cm³/mol. The Hall–Kier alpha value is -0.530. The van der Waals surface area contributed by atoms with Crippen LogP contribution in [-0.4, -0.2) is 11.9 Å². The maximum absolute atomic E-state index is 12.8. The number of amides is 1. The highest BCUT2D eigenvalue weighted by Crippen LogP contribution is 2.44. The van der Waals surface area contributed by atoms with Crippen molar-refractivity contribution >= 4 is 5.91 Å². The van der Waals surface area contributed by atoms with Crippen LogP contribution in [0.5, 0.6) is 0 Å². The lowest BCUT2D eigenvalue weighted by atomic mass is 9.64. The zero-order valence-corrected chi connectivity index (χ0v) is 13.9. The smallest absolute Gasteiger partial charge is 0.223 e. The fourth-order valence-electron chi connectivity index (χ4n) is 4.25. The van der Waals surface area contributed by atoms with Gasteiger partial charge >= 0.3 is 0 Å². The maximum atomic E-state index is 12.8. The van der Waals surface area contributed by atoms with Gasteiger partial charge in [-0.1, -0.05) is 47.0 Å². The van der Waals surface area contributed by atoms with E-state index in [1.54, 1.807) is 0 Å². The van der Waals surface area contributed by atoms with Gasteiger partial charge in [-0.05, 0) is 49.4 Å². The van der Waals surface area contributed by atoms with Crippen molar-refractivity contribution in [3.63, 3.8) is 0 Å². The Morgan fingerprint density at radius 1 is 1.10 bits per heavy atom. The molecule has 2 aliphatic rings. The predicted octanol–water partition coefficient (Wildman–Crippen LogP) is 4.53. The van der Waals surface area contributed by atoms with Crippen molar-refractivity contribution in [2.75, 3.05) is 0 Å². The number of hydrogen-bond acceptors (Lipinski definition) is 1. The Labute approximate surface area is 125 Å². The molecule has 0 bridgehead atoms. The highest BCUT2D eigenvalue weighted by atomic mass is 16.2. The van der Waals surface area contributed by atoms with Crippen LogP contribution in [0.25, 0.3) is 0 Å². The van der Waals surface area contributed by atoms with E-state index in [0.717, 1.165) is 6.42 Å². The normalized spacial score (nSPS) is 31.2. The van der Waals surface area contributed by atoms with Gasteiger partial charge in [-0.15, -0.1) is 0 Å². The fraction of sp³-hybridized carbons (Fsp3) is 0.944. The molecule has 2 unspecified atom stereocenters. The van der Waals surface area contributed by atoms with Gasteiger partial charge in [0.2, 0.25) is 5.91 Å². The number of hydrogen-bond donors (Lipinski definition) is 1. The molecule has 2 aliphatic carbocycles. The minimum absolute atomic E-state index is 0.237. The molecule has 0 radical (unpaired) electrons. The topological polar surface area (TPSA) is 29.1 Å². The summed E-state index contributed by atoms with van der Waals surface area (Å²) in [6.07, 6.45) is 9.84. The van der Waals surface area contributed by atoms with E-state index in [1.165, 1.54) is 44.9 Å². The van der Waals surface area contributed by atoms with Gasteiger partial charge in [-0.3, -0.25) is 4.79 Å². The lowest BCUT2D eigenvalue weighted by Gasteiger charge is -2.42. The summed E-state index contributed by atoms with van der Waals surface area (Å²) in [6.45, 7) is 9.21. The van der Waals surface area contributed by atoms with Gasteiger partial charge in [-0.2, -0.15) is 0 Å². The summed E-state index contributed by atoms with van der Waals surface area (Å²) >= 11 is 0. The molecule has 2 nitrogen and oxygen atoms in total. The molecule has 1 N–H and O–H groups in total. The number of rotatable bonds is 3. The lowest BCUT2D eigenvalue weighted by Crippen LogP contribution is -2.46. The van der Waals surface area contributed by atoms with Gasteiger partial charge in [0.25, 0.3) is 0 Å². The average molecular weight is 279 g/mol. The molecule has 0 aromatic rings. The summed E-state index contributed by atoms with van der Waals surface area (Å²) in [5.74, 6) is 1.78. The van der Waals surface area contributed by atoms with Crippen LogP contribution in [0, 0.1) is 23.2 Å². The Morgan fingerprint density at radius 2 is 1.75 bits per heavy atom. The summed E-state index contributed by atoms with van der Waals surface area (Å²) in [6, 6.07) is 0.453. The van der Waals surface area contributed by atoms with E-state index >= 15 is 0 Å². The van der Waals surface area contributed by atoms with E-state index in [1.807, 2.05) is 0 Å². The van der Waals surface area contributed by atoms with Crippen molar-refractivity contribution in [3.8, 4) is 0 Å². The number of carbonyl (C=O) groups excluding carboxylic acids is 1. The van der Waals surface area contributed by atoms with E-state index in [4.69, 9.17) is 0 Å². The standard InChI is InChI=1S/C18H33NO/c1-13(2)15-10-11-18(3,4)12-16(15)17(20)19-14-8-6-5-7-9-14/h13-16H,5-12H2,1-4H3,(H,19,20). The molecule has 0 aliphatic heterocycles. The zero-order valence-electron chi connectivity index (χ0n) is 13.9. The minimum Gasteiger partial charge on any atom is -0.353 e. The summed E-state index contributed by atoms with van der Waals surface area (Å²) in [5.41, 5.74) is 0.333. The Balaban J connectivity index is 1.99. The van der Waals surface area contributed by atoms with Crippen molar-refractivity contribution < 1.29 is 4.79 Å². The van der Waals surface area contributed by atoms with Gasteiger partial charge < -0.3 is 5.32 Å². The summed E-state index contributed by atoms with van der Waals surface area (Å²) in [4.78, 5) is 12.8. The second-order valence-electron chi connectivity index (χ2n) is 8.26. The first-order valence-electron chi connectivity index (χ1n) is 8.69.